The highest BCUT2D eigenvalue weighted by atomic mass is 32.2. The van der Waals surface area contributed by atoms with Gasteiger partial charge >= 0.3 is 12.1 Å². The molecule has 0 aromatic rings. The molecule has 1 saturated heterocycles. The predicted octanol–water partition coefficient (Wildman–Crippen LogP) is 1.61. The standard InChI is InChI=1S/C10H14F3NO3S/c1-18-5-2-7(15)14-4-3-9(6-14,8(16)17)10(11,12)13/h2-6H2,1H3,(H,16,17). The molecule has 1 rings (SSSR count). The lowest BCUT2D eigenvalue weighted by Gasteiger charge is -2.27. The van der Waals surface area contributed by atoms with Gasteiger partial charge in [0, 0.05) is 25.3 Å². The van der Waals surface area contributed by atoms with E-state index in [1.54, 1.807) is 6.26 Å². The smallest absolute Gasteiger partial charge is 0.406 e. The van der Waals surface area contributed by atoms with Gasteiger partial charge in [0.05, 0.1) is 0 Å². The summed E-state index contributed by atoms with van der Waals surface area (Å²) in [6.07, 6.45) is -3.49. The molecule has 4 nitrogen and oxygen atoms in total. The Morgan fingerprint density at radius 2 is 2.06 bits per heavy atom. The lowest BCUT2D eigenvalue weighted by Crippen LogP contribution is -2.47. The van der Waals surface area contributed by atoms with E-state index in [1.165, 1.54) is 11.8 Å². The fourth-order valence-corrected chi connectivity index (χ4v) is 2.28. The molecule has 18 heavy (non-hydrogen) atoms. The topological polar surface area (TPSA) is 57.6 Å². The Balaban J connectivity index is 2.79. The number of aliphatic carboxylic acids is 1. The number of alkyl halides is 3. The van der Waals surface area contributed by atoms with Gasteiger partial charge in [-0.1, -0.05) is 0 Å². The number of carbonyl (C=O) groups excluding carboxylic acids is 1. The molecule has 1 unspecified atom stereocenters. The third kappa shape index (κ3) is 2.73. The Morgan fingerprint density at radius 1 is 1.44 bits per heavy atom. The normalized spacial score (nSPS) is 24.3. The van der Waals surface area contributed by atoms with E-state index in [0.29, 0.717) is 5.75 Å². The van der Waals surface area contributed by atoms with Crippen LogP contribution in [-0.2, 0) is 9.59 Å². The van der Waals surface area contributed by atoms with Crippen molar-refractivity contribution in [2.75, 3.05) is 25.1 Å². The first-order chi connectivity index (χ1) is 8.24. The molecule has 104 valence electrons. The van der Waals surface area contributed by atoms with Crippen molar-refractivity contribution in [3.05, 3.63) is 0 Å². The minimum Gasteiger partial charge on any atom is -0.481 e. The molecule has 1 N–H and O–H groups in total. The molecule has 0 aromatic carbocycles. The van der Waals surface area contributed by atoms with Gasteiger partial charge in [-0.3, -0.25) is 9.59 Å². The SMILES string of the molecule is CSCCC(=O)N1CCC(C(=O)O)(C(F)(F)F)C1. The van der Waals surface area contributed by atoms with Gasteiger partial charge in [-0.05, 0) is 12.7 Å². The number of likely N-dealkylation sites (tertiary alicyclic amines) is 1. The third-order valence-corrected chi connectivity index (χ3v) is 3.71. The van der Waals surface area contributed by atoms with Crippen LogP contribution in [0, 0.1) is 5.41 Å². The summed E-state index contributed by atoms with van der Waals surface area (Å²) >= 11 is 1.41. The number of nitrogens with zero attached hydrogens (tertiary/aromatic N) is 1. The van der Waals surface area contributed by atoms with Crippen LogP contribution in [0.15, 0.2) is 0 Å². The summed E-state index contributed by atoms with van der Waals surface area (Å²) in [5.41, 5.74) is -2.80. The molecule has 0 aromatic heterocycles. The fraction of sp³-hybridized carbons (Fsp3) is 0.800. The highest BCUT2D eigenvalue weighted by Gasteiger charge is 2.64. The predicted molar refractivity (Wildman–Crippen MR) is 60.3 cm³/mol. The second-order valence-electron chi connectivity index (χ2n) is 4.19. The van der Waals surface area contributed by atoms with E-state index < -0.39 is 36.4 Å². The van der Waals surface area contributed by atoms with Gasteiger partial charge in [-0.15, -0.1) is 0 Å². The maximum atomic E-state index is 12.8. The number of rotatable bonds is 4. The van der Waals surface area contributed by atoms with Gasteiger partial charge in [0.15, 0.2) is 5.41 Å². The number of halogens is 3. The number of amides is 1. The van der Waals surface area contributed by atoms with E-state index in [9.17, 15) is 22.8 Å². The van der Waals surface area contributed by atoms with Crippen LogP contribution in [0.3, 0.4) is 0 Å². The van der Waals surface area contributed by atoms with Crippen molar-refractivity contribution < 1.29 is 27.9 Å². The van der Waals surface area contributed by atoms with Gasteiger partial charge in [-0.2, -0.15) is 24.9 Å². The van der Waals surface area contributed by atoms with Crippen LogP contribution >= 0.6 is 11.8 Å². The Morgan fingerprint density at radius 3 is 2.44 bits per heavy atom. The molecule has 8 heteroatoms. The first-order valence-corrected chi connectivity index (χ1v) is 6.71. The highest BCUT2D eigenvalue weighted by molar-refractivity contribution is 7.98. The van der Waals surface area contributed by atoms with Crippen molar-refractivity contribution in [3.63, 3.8) is 0 Å². The largest absolute Gasteiger partial charge is 0.481 e. The maximum Gasteiger partial charge on any atom is 0.406 e. The number of carboxylic acids is 1. The van der Waals surface area contributed by atoms with Crippen molar-refractivity contribution in [2.45, 2.75) is 19.0 Å². The molecule has 1 aliphatic heterocycles. The molecule has 0 aliphatic carbocycles. The van der Waals surface area contributed by atoms with Gasteiger partial charge in [0.25, 0.3) is 0 Å². The molecule has 1 amide bonds. The Labute approximate surface area is 107 Å². The quantitative estimate of drug-likeness (QED) is 0.852. The zero-order chi connectivity index (χ0) is 14.0. The highest BCUT2D eigenvalue weighted by Crippen LogP contribution is 2.45. The third-order valence-electron chi connectivity index (χ3n) is 3.09. The minimum absolute atomic E-state index is 0.134. The number of hydrogen-bond donors (Lipinski definition) is 1. The Hall–Kier alpha value is -0.920. The molecule has 1 aliphatic rings. The van der Waals surface area contributed by atoms with Crippen molar-refractivity contribution in [3.8, 4) is 0 Å². The average Bonchev–Trinajstić information content (AvgIpc) is 2.71. The van der Waals surface area contributed by atoms with Crippen LogP contribution in [0.2, 0.25) is 0 Å². The first kappa shape index (κ1) is 15.1. The second-order valence-corrected chi connectivity index (χ2v) is 5.18. The summed E-state index contributed by atoms with van der Waals surface area (Å²) in [5, 5.41) is 8.81. The van der Waals surface area contributed by atoms with Crippen molar-refractivity contribution in [2.24, 2.45) is 5.41 Å². The van der Waals surface area contributed by atoms with Crippen LogP contribution in [0.1, 0.15) is 12.8 Å². The molecule has 0 spiro atoms. The van der Waals surface area contributed by atoms with Crippen molar-refractivity contribution in [1.82, 2.24) is 4.90 Å². The number of carbonyl (C=O) groups is 2. The summed E-state index contributed by atoms with van der Waals surface area (Å²) in [6, 6.07) is 0. The summed E-state index contributed by atoms with van der Waals surface area (Å²) < 4.78 is 38.5. The van der Waals surface area contributed by atoms with Crippen LogP contribution < -0.4 is 0 Å². The molecular weight excluding hydrogens is 271 g/mol. The molecule has 1 atom stereocenters. The second kappa shape index (κ2) is 5.38. The molecule has 1 fully saturated rings. The molecule has 0 bridgehead atoms. The van der Waals surface area contributed by atoms with E-state index in [2.05, 4.69) is 0 Å². The van der Waals surface area contributed by atoms with Gasteiger partial charge < -0.3 is 10.0 Å². The fourth-order valence-electron chi connectivity index (χ4n) is 1.90. The molecule has 1 heterocycles. The van der Waals surface area contributed by atoms with Gasteiger partial charge in [0.2, 0.25) is 5.91 Å². The lowest BCUT2D eigenvalue weighted by molar-refractivity contribution is -0.227. The van der Waals surface area contributed by atoms with Gasteiger partial charge in [0.1, 0.15) is 0 Å². The summed E-state index contributed by atoms with van der Waals surface area (Å²) in [6.45, 7) is -0.932. The molecular formula is C10H14F3NO3S. The number of thioether (sulfide) groups is 1. The summed E-state index contributed by atoms with van der Waals surface area (Å²) in [5.74, 6) is -1.81. The van der Waals surface area contributed by atoms with Crippen molar-refractivity contribution >= 4 is 23.6 Å². The monoisotopic (exact) mass is 285 g/mol. The lowest BCUT2D eigenvalue weighted by atomic mass is 9.86. The van der Waals surface area contributed by atoms with Crippen LogP contribution in [0.5, 0.6) is 0 Å². The molecule has 0 radical (unpaired) electrons. The van der Waals surface area contributed by atoms with E-state index in [0.717, 1.165) is 4.90 Å². The van der Waals surface area contributed by atoms with E-state index in [1.807, 2.05) is 0 Å². The van der Waals surface area contributed by atoms with E-state index in [4.69, 9.17) is 5.11 Å². The molecule has 0 saturated carbocycles. The van der Waals surface area contributed by atoms with E-state index in [-0.39, 0.29) is 13.0 Å². The van der Waals surface area contributed by atoms with Crippen LogP contribution in [0.4, 0.5) is 13.2 Å². The zero-order valence-electron chi connectivity index (χ0n) is 9.79. The zero-order valence-corrected chi connectivity index (χ0v) is 10.6. The number of hydrogen-bond acceptors (Lipinski definition) is 3. The Bertz CT molecular complexity index is 348. The van der Waals surface area contributed by atoms with Crippen LogP contribution in [0.25, 0.3) is 0 Å². The maximum absolute atomic E-state index is 12.8. The minimum atomic E-state index is -4.84. The average molecular weight is 285 g/mol. The first-order valence-electron chi connectivity index (χ1n) is 5.31. The summed E-state index contributed by atoms with van der Waals surface area (Å²) in [4.78, 5) is 23.5. The van der Waals surface area contributed by atoms with E-state index >= 15 is 0 Å². The van der Waals surface area contributed by atoms with Crippen LogP contribution in [-0.4, -0.2) is 53.2 Å². The van der Waals surface area contributed by atoms with Gasteiger partial charge in [-0.25, -0.2) is 0 Å². The Kier molecular flexibility index (Phi) is 4.52. The van der Waals surface area contributed by atoms with Crippen molar-refractivity contribution in [1.29, 1.82) is 0 Å². The number of carboxylic acid groups (broad SMARTS) is 1. The summed E-state index contributed by atoms with van der Waals surface area (Å²) in [7, 11) is 0.